The van der Waals surface area contributed by atoms with Crippen LogP contribution in [0, 0.1) is 0 Å². The Bertz CT molecular complexity index is 992. The van der Waals surface area contributed by atoms with Gasteiger partial charge in [0.05, 0.1) is 23.2 Å². The van der Waals surface area contributed by atoms with Crippen molar-refractivity contribution in [2.45, 2.75) is 19.4 Å². The molecule has 1 N–H and O–H groups in total. The van der Waals surface area contributed by atoms with E-state index in [1.165, 1.54) is 11.0 Å². The molecule has 0 unspecified atom stereocenters. The molecule has 2 aromatic rings. The average molecular weight is 444 g/mol. The molecule has 0 bridgehead atoms. The van der Waals surface area contributed by atoms with Crippen LogP contribution in [0.15, 0.2) is 48.3 Å². The second-order valence-electron chi connectivity index (χ2n) is 7.51. The highest BCUT2D eigenvalue weighted by molar-refractivity contribution is 6.46. The summed E-state index contributed by atoms with van der Waals surface area (Å²) in [6.45, 7) is 3.43. The molecule has 1 aromatic carbocycles. The Hall–Kier alpha value is -2.90. The van der Waals surface area contributed by atoms with E-state index >= 15 is 0 Å². The number of ether oxygens (including phenoxy) is 1. The van der Waals surface area contributed by atoms with Crippen LogP contribution in [0.4, 0.5) is 0 Å². The number of amides is 1. The van der Waals surface area contributed by atoms with Crippen molar-refractivity contribution in [1.29, 1.82) is 0 Å². The fourth-order valence-corrected chi connectivity index (χ4v) is 3.86. The molecule has 1 aliphatic heterocycles. The van der Waals surface area contributed by atoms with E-state index in [2.05, 4.69) is 4.98 Å². The van der Waals surface area contributed by atoms with E-state index in [1.807, 2.05) is 25.9 Å². The van der Waals surface area contributed by atoms with Crippen molar-refractivity contribution >= 4 is 29.1 Å². The van der Waals surface area contributed by atoms with Crippen LogP contribution in [-0.4, -0.2) is 65.4 Å². The van der Waals surface area contributed by atoms with Crippen molar-refractivity contribution in [3.8, 4) is 5.75 Å². The maximum Gasteiger partial charge on any atom is 0.295 e. The van der Waals surface area contributed by atoms with Crippen LogP contribution in [0.5, 0.6) is 5.75 Å². The zero-order chi connectivity index (χ0) is 22.5. The van der Waals surface area contributed by atoms with Gasteiger partial charge in [0.25, 0.3) is 11.7 Å². The summed E-state index contributed by atoms with van der Waals surface area (Å²) in [6.07, 6.45) is 3.91. The molecule has 1 amide bonds. The van der Waals surface area contributed by atoms with Gasteiger partial charge in [-0.3, -0.25) is 14.6 Å². The summed E-state index contributed by atoms with van der Waals surface area (Å²) in [5, 5.41) is 11.4. The van der Waals surface area contributed by atoms with Gasteiger partial charge in [-0.15, -0.1) is 0 Å². The number of hydrogen-bond acceptors (Lipinski definition) is 6. The van der Waals surface area contributed by atoms with E-state index < -0.39 is 17.7 Å². The minimum absolute atomic E-state index is 0.0306. The van der Waals surface area contributed by atoms with Crippen LogP contribution < -0.4 is 4.74 Å². The molecule has 1 aromatic heterocycles. The summed E-state index contributed by atoms with van der Waals surface area (Å²) in [7, 11) is 3.89. The van der Waals surface area contributed by atoms with Crippen LogP contribution in [0.2, 0.25) is 5.02 Å². The summed E-state index contributed by atoms with van der Waals surface area (Å²) < 4.78 is 5.43. The highest BCUT2D eigenvalue weighted by Crippen LogP contribution is 2.40. The van der Waals surface area contributed by atoms with Gasteiger partial charge in [0.2, 0.25) is 0 Å². The molecule has 0 spiro atoms. The molecule has 2 heterocycles. The van der Waals surface area contributed by atoms with E-state index in [0.29, 0.717) is 41.5 Å². The molecule has 1 fully saturated rings. The number of benzene rings is 1. The number of aliphatic hydroxyl groups excluding tert-OH is 1. The van der Waals surface area contributed by atoms with E-state index in [4.69, 9.17) is 16.3 Å². The summed E-state index contributed by atoms with van der Waals surface area (Å²) in [5.41, 5.74) is 1.03. The number of nitrogens with zero attached hydrogens (tertiary/aromatic N) is 3. The maximum absolute atomic E-state index is 13.0. The zero-order valence-corrected chi connectivity index (χ0v) is 18.6. The number of pyridine rings is 1. The first-order valence-electron chi connectivity index (χ1n) is 10.1. The van der Waals surface area contributed by atoms with Gasteiger partial charge in [0.15, 0.2) is 0 Å². The Morgan fingerprint density at radius 3 is 2.68 bits per heavy atom. The van der Waals surface area contributed by atoms with Gasteiger partial charge in [-0.25, -0.2) is 0 Å². The van der Waals surface area contributed by atoms with Gasteiger partial charge in [-0.2, -0.15) is 0 Å². The molecule has 7 nitrogen and oxygen atoms in total. The standard InChI is InChI=1S/C23H26ClN3O4/c1-4-31-18-9-8-15(13-17(18)24)21(28)19-20(16-7-5-10-25-14-16)27(23(30)22(19)29)12-6-11-26(2)3/h5,7-10,13-14,20,28H,4,6,11-12H2,1-3H3/t20-/m1/s1. The van der Waals surface area contributed by atoms with Crippen LogP contribution in [0.3, 0.4) is 0 Å². The molecule has 31 heavy (non-hydrogen) atoms. The Labute approximate surface area is 186 Å². The predicted molar refractivity (Wildman–Crippen MR) is 119 cm³/mol. The predicted octanol–water partition coefficient (Wildman–Crippen LogP) is 3.51. The lowest BCUT2D eigenvalue weighted by molar-refractivity contribution is -0.139. The number of rotatable bonds is 8. The molecule has 8 heteroatoms. The second kappa shape index (κ2) is 9.94. The van der Waals surface area contributed by atoms with Crippen LogP contribution >= 0.6 is 11.6 Å². The third kappa shape index (κ3) is 4.89. The fourth-order valence-electron chi connectivity index (χ4n) is 3.63. The smallest absolute Gasteiger partial charge is 0.295 e. The average Bonchev–Trinajstić information content (AvgIpc) is 3.00. The highest BCUT2D eigenvalue weighted by Gasteiger charge is 2.45. The molecule has 0 aliphatic carbocycles. The molecule has 0 saturated carbocycles. The first-order chi connectivity index (χ1) is 14.8. The van der Waals surface area contributed by atoms with Crippen molar-refractivity contribution in [2.75, 3.05) is 33.8 Å². The number of aromatic nitrogens is 1. The lowest BCUT2D eigenvalue weighted by Crippen LogP contribution is -2.32. The van der Waals surface area contributed by atoms with Crippen LogP contribution in [0.1, 0.15) is 30.5 Å². The van der Waals surface area contributed by atoms with E-state index in [1.54, 1.807) is 36.7 Å². The Balaban J connectivity index is 2.06. The van der Waals surface area contributed by atoms with Gasteiger partial charge in [-0.1, -0.05) is 17.7 Å². The number of carbonyl (C=O) groups is 2. The van der Waals surface area contributed by atoms with Gasteiger partial charge in [0, 0.05) is 24.5 Å². The molecule has 0 radical (unpaired) electrons. The lowest BCUT2D eigenvalue weighted by atomic mass is 9.96. The topological polar surface area (TPSA) is 83.0 Å². The number of ketones is 1. The third-order valence-corrected chi connectivity index (χ3v) is 5.34. The minimum Gasteiger partial charge on any atom is -0.507 e. The largest absolute Gasteiger partial charge is 0.507 e. The molecule has 1 aliphatic rings. The third-order valence-electron chi connectivity index (χ3n) is 5.05. The van der Waals surface area contributed by atoms with Crippen LogP contribution in [0.25, 0.3) is 5.76 Å². The van der Waals surface area contributed by atoms with E-state index in [9.17, 15) is 14.7 Å². The van der Waals surface area contributed by atoms with Crippen molar-refractivity contribution in [2.24, 2.45) is 0 Å². The molecular formula is C23H26ClN3O4. The number of carbonyl (C=O) groups excluding carboxylic acids is 2. The molecule has 164 valence electrons. The van der Waals surface area contributed by atoms with Crippen molar-refractivity contribution < 1.29 is 19.4 Å². The Morgan fingerprint density at radius 1 is 1.29 bits per heavy atom. The van der Waals surface area contributed by atoms with Crippen LogP contribution in [-0.2, 0) is 9.59 Å². The normalized spacial score (nSPS) is 18.1. The number of likely N-dealkylation sites (tertiary alicyclic amines) is 1. The van der Waals surface area contributed by atoms with Gasteiger partial charge >= 0.3 is 0 Å². The van der Waals surface area contributed by atoms with Gasteiger partial charge in [0.1, 0.15) is 11.5 Å². The number of hydrogen-bond donors (Lipinski definition) is 1. The SMILES string of the molecule is CCOc1ccc(C(O)=C2C(=O)C(=O)N(CCCN(C)C)[C@@H]2c2cccnc2)cc1Cl. The first kappa shape index (κ1) is 22.8. The van der Waals surface area contributed by atoms with Crippen molar-refractivity contribution in [3.63, 3.8) is 0 Å². The number of Topliss-reactive ketones (excluding diaryl/α,β-unsaturated/α-hetero) is 1. The molecule has 1 atom stereocenters. The summed E-state index contributed by atoms with van der Waals surface area (Å²) in [4.78, 5) is 33.5. The Morgan fingerprint density at radius 2 is 2.06 bits per heavy atom. The summed E-state index contributed by atoms with van der Waals surface area (Å²) in [5.74, 6) is -1.15. The van der Waals surface area contributed by atoms with Crippen molar-refractivity contribution in [3.05, 3.63) is 64.4 Å². The second-order valence-corrected chi connectivity index (χ2v) is 7.92. The maximum atomic E-state index is 13.0. The number of halogens is 1. The van der Waals surface area contributed by atoms with Gasteiger partial charge in [-0.05, 0) is 63.8 Å². The Kier molecular flexibility index (Phi) is 7.30. The van der Waals surface area contributed by atoms with E-state index in [-0.39, 0.29) is 11.3 Å². The first-order valence-corrected chi connectivity index (χ1v) is 10.5. The quantitative estimate of drug-likeness (QED) is 0.382. The van der Waals surface area contributed by atoms with E-state index in [0.717, 1.165) is 6.54 Å². The fraction of sp³-hybridized carbons (Fsp3) is 0.348. The number of aliphatic hydroxyl groups is 1. The molecule has 3 rings (SSSR count). The lowest BCUT2D eigenvalue weighted by Gasteiger charge is -2.25. The molecule has 1 saturated heterocycles. The van der Waals surface area contributed by atoms with Crippen molar-refractivity contribution in [1.82, 2.24) is 14.8 Å². The summed E-state index contributed by atoms with van der Waals surface area (Å²) >= 11 is 6.27. The monoisotopic (exact) mass is 443 g/mol. The molecular weight excluding hydrogens is 418 g/mol. The van der Waals surface area contributed by atoms with Gasteiger partial charge < -0.3 is 19.6 Å². The summed E-state index contributed by atoms with van der Waals surface area (Å²) in [6, 6.07) is 7.59. The minimum atomic E-state index is -0.721. The highest BCUT2D eigenvalue weighted by atomic mass is 35.5. The zero-order valence-electron chi connectivity index (χ0n) is 17.8.